The van der Waals surface area contributed by atoms with Crippen molar-refractivity contribution in [3.05, 3.63) is 70.0 Å². The Morgan fingerprint density at radius 1 is 1.02 bits per heavy atom. The molecule has 2 unspecified atom stereocenters. The number of methoxy groups -OCH3 is 1. The van der Waals surface area contributed by atoms with Gasteiger partial charge in [-0.3, -0.25) is 19.6 Å². The van der Waals surface area contributed by atoms with Gasteiger partial charge in [0.1, 0.15) is 23.3 Å². The first-order valence-corrected chi connectivity index (χ1v) is 17.7. The smallest absolute Gasteiger partial charge is 0.418 e. The average molecular weight is 726 g/mol. The summed E-state index contributed by atoms with van der Waals surface area (Å²) in [6.45, 7) is 2.97. The first-order valence-electron chi connectivity index (χ1n) is 17.7. The summed E-state index contributed by atoms with van der Waals surface area (Å²) in [6, 6.07) is 6.87. The third kappa shape index (κ3) is 7.20. The fourth-order valence-corrected chi connectivity index (χ4v) is 8.18. The third-order valence-electron chi connectivity index (χ3n) is 11.1. The highest BCUT2D eigenvalue weighted by Gasteiger charge is 2.38. The molecule has 52 heavy (non-hydrogen) atoms. The number of carbonyl (C=O) groups is 1. The van der Waals surface area contributed by atoms with Gasteiger partial charge in [0.2, 0.25) is 5.91 Å². The number of pyridine rings is 1. The van der Waals surface area contributed by atoms with E-state index in [2.05, 4.69) is 25.7 Å². The zero-order chi connectivity index (χ0) is 36.7. The van der Waals surface area contributed by atoms with Crippen LogP contribution in [-0.4, -0.2) is 76.2 Å². The minimum absolute atomic E-state index is 0.149. The molecule has 5 heterocycles. The number of nitrogens with zero attached hydrogens (tertiary/aromatic N) is 4. The number of anilines is 2. The number of aliphatic hydroxyl groups is 1. The molecule has 11 nitrogen and oxygen atoms in total. The zero-order valence-corrected chi connectivity index (χ0v) is 29.1. The van der Waals surface area contributed by atoms with Gasteiger partial charge in [-0.25, -0.2) is 4.39 Å². The number of alkyl halides is 3. The van der Waals surface area contributed by atoms with Gasteiger partial charge in [0.05, 0.1) is 24.9 Å². The highest BCUT2D eigenvalue weighted by molar-refractivity contribution is 5.93. The van der Waals surface area contributed by atoms with Gasteiger partial charge in [0.25, 0.3) is 5.56 Å². The van der Waals surface area contributed by atoms with Gasteiger partial charge in [-0.1, -0.05) is 0 Å². The number of ether oxygens (including phenoxy) is 1. The molecule has 4 aromatic rings. The van der Waals surface area contributed by atoms with Crippen molar-refractivity contribution in [3.8, 4) is 16.9 Å². The Labute approximate surface area is 297 Å². The molecule has 0 spiro atoms. The largest absolute Gasteiger partial charge is 0.496 e. The first-order chi connectivity index (χ1) is 24.9. The molecule has 2 aromatic carbocycles. The zero-order valence-electron chi connectivity index (χ0n) is 29.1. The summed E-state index contributed by atoms with van der Waals surface area (Å²) in [4.78, 5) is 28.0. The number of hydrogen-bond donors (Lipinski definition) is 4. The molecule has 0 bridgehead atoms. The number of H-pyrrole nitrogens is 1. The predicted octanol–water partition coefficient (Wildman–Crippen LogP) is 5.23. The van der Waals surface area contributed by atoms with Crippen LogP contribution in [0.3, 0.4) is 0 Å². The van der Waals surface area contributed by atoms with Gasteiger partial charge >= 0.3 is 6.18 Å². The van der Waals surface area contributed by atoms with Gasteiger partial charge in [-0.15, -0.1) is 0 Å². The molecule has 2 aromatic heterocycles. The van der Waals surface area contributed by atoms with Crippen LogP contribution in [0.1, 0.15) is 49.7 Å². The lowest BCUT2D eigenvalue weighted by molar-refractivity contribution is -0.137. The summed E-state index contributed by atoms with van der Waals surface area (Å²) in [5.74, 6) is 0.573. The number of fused-ring (bicyclic) bond motifs is 1. The van der Waals surface area contributed by atoms with Crippen LogP contribution in [-0.2, 0) is 24.6 Å². The number of aromatic nitrogens is 3. The number of aliphatic hydroxyl groups excluding tert-OH is 1. The molecule has 278 valence electrons. The van der Waals surface area contributed by atoms with E-state index in [9.17, 15) is 27.9 Å². The van der Waals surface area contributed by atoms with Crippen molar-refractivity contribution in [2.45, 2.75) is 63.5 Å². The van der Waals surface area contributed by atoms with Crippen LogP contribution in [0.5, 0.6) is 5.75 Å². The van der Waals surface area contributed by atoms with E-state index in [4.69, 9.17) is 4.74 Å². The lowest BCUT2D eigenvalue weighted by atomic mass is 9.78. The number of rotatable bonds is 8. The van der Waals surface area contributed by atoms with Crippen LogP contribution in [0, 0.1) is 17.7 Å². The summed E-state index contributed by atoms with van der Waals surface area (Å²) in [6.07, 6.45) is 1.41. The Hall–Kier alpha value is -4.63. The maximum atomic E-state index is 15.7. The van der Waals surface area contributed by atoms with Gasteiger partial charge in [0, 0.05) is 67.2 Å². The SMILES string of the molecule is COc1cc(-c2cn(C)c(=O)c3[nH]ncc23)cc(F)c1CN1CCC(C2CCN(c3ccc(NC4CCC(=O)NC4O)cc3C(F)(F)F)CC2)CC1. The monoisotopic (exact) mass is 725 g/mol. The van der Waals surface area contributed by atoms with Crippen molar-refractivity contribution in [2.75, 3.05) is 43.5 Å². The van der Waals surface area contributed by atoms with E-state index in [1.807, 2.05) is 4.90 Å². The van der Waals surface area contributed by atoms with Gasteiger partial charge < -0.3 is 29.9 Å². The number of hydrogen-bond acceptors (Lipinski definition) is 8. The highest BCUT2D eigenvalue weighted by Crippen LogP contribution is 2.42. The number of nitrogens with one attached hydrogen (secondary N) is 3. The van der Waals surface area contributed by atoms with Crippen LogP contribution in [0.25, 0.3) is 22.0 Å². The normalized spacial score (nSPS) is 21.1. The lowest BCUT2D eigenvalue weighted by Gasteiger charge is -2.41. The fraction of sp³-hybridized carbons (Fsp3) is 0.486. The molecule has 4 N–H and O–H groups in total. The fourth-order valence-electron chi connectivity index (χ4n) is 8.18. The van der Waals surface area contributed by atoms with E-state index in [1.54, 1.807) is 31.6 Å². The standard InChI is InChI=1S/C37H43F4N7O4/c1-46-19-26(25-18-42-45-34(25)36(46)51)23-15-29(38)27(32(16-23)52-2)20-47-11-7-21(8-12-47)22-9-13-48(14-10-22)31-5-3-24(17-28(31)37(39,40)41)43-30-4-6-33(49)44-35(30)50/h3,5,15-19,21-22,30,35,43,50H,4,6-14,20H2,1-2H3,(H,42,45)(H,44,49). The number of amides is 1. The van der Waals surface area contributed by atoms with E-state index in [1.165, 1.54) is 23.8 Å². The molecular weight excluding hydrogens is 682 g/mol. The second-order valence-corrected chi connectivity index (χ2v) is 14.2. The summed E-state index contributed by atoms with van der Waals surface area (Å²) < 4.78 is 65.7. The second kappa shape index (κ2) is 14.4. The van der Waals surface area contributed by atoms with Gasteiger partial charge in [-0.2, -0.15) is 18.3 Å². The maximum absolute atomic E-state index is 15.7. The molecule has 0 saturated carbocycles. The van der Waals surface area contributed by atoms with E-state index < -0.39 is 29.8 Å². The van der Waals surface area contributed by atoms with Crippen molar-refractivity contribution < 1.29 is 32.2 Å². The number of piperidine rings is 3. The van der Waals surface area contributed by atoms with Crippen LogP contribution >= 0.6 is 0 Å². The van der Waals surface area contributed by atoms with E-state index in [-0.39, 0.29) is 29.3 Å². The number of carbonyl (C=O) groups excluding carboxylic acids is 1. The van der Waals surface area contributed by atoms with Crippen molar-refractivity contribution in [3.63, 3.8) is 0 Å². The van der Waals surface area contributed by atoms with Crippen molar-refractivity contribution in [2.24, 2.45) is 18.9 Å². The van der Waals surface area contributed by atoms with E-state index >= 15 is 4.39 Å². The molecule has 2 atom stereocenters. The van der Waals surface area contributed by atoms with Gasteiger partial charge in [0.15, 0.2) is 0 Å². The Kier molecular flexibility index (Phi) is 9.91. The van der Waals surface area contributed by atoms with Crippen LogP contribution < -0.4 is 25.8 Å². The lowest BCUT2D eigenvalue weighted by Crippen LogP contribution is -2.51. The molecule has 0 aliphatic carbocycles. The Morgan fingerprint density at radius 2 is 1.73 bits per heavy atom. The molecule has 3 fully saturated rings. The van der Waals surface area contributed by atoms with E-state index in [0.717, 1.165) is 44.8 Å². The van der Waals surface area contributed by atoms with E-state index in [0.29, 0.717) is 71.2 Å². The molecule has 3 aliphatic rings. The minimum atomic E-state index is -4.56. The molecule has 3 aliphatic heterocycles. The first kappa shape index (κ1) is 35.8. The summed E-state index contributed by atoms with van der Waals surface area (Å²) in [5, 5.41) is 22.9. The third-order valence-corrected chi connectivity index (χ3v) is 11.1. The number of halogens is 4. The topological polar surface area (TPSA) is 128 Å². The van der Waals surface area contributed by atoms with Gasteiger partial charge in [-0.05, 0) is 92.9 Å². The Balaban J connectivity index is 0.963. The number of aromatic amines is 1. The number of likely N-dealkylation sites (tertiary alicyclic amines) is 1. The average Bonchev–Trinajstić information content (AvgIpc) is 3.62. The summed E-state index contributed by atoms with van der Waals surface area (Å²) >= 11 is 0. The Bertz CT molecular complexity index is 2000. The Morgan fingerprint density at radius 3 is 2.40 bits per heavy atom. The van der Waals surface area contributed by atoms with Crippen LogP contribution in [0.4, 0.5) is 28.9 Å². The minimum Gasteiger partial charge on any atom is -0.496 e. The van der Waals surface area contributed by atoms with Crippen molar-refractivity contribution in [1.82, 2.24) is 25.0 Å². The van der Waals surface area contributed by atoms with Crippen molar-refractivity contribution in [1.29, 1.82) is 0 Å². The van der Waals surface area contributed by atoms with Crippen LogP contribution in [0.2, 0.25) is 0 Å². The van der Waals surface area contributed by atoms with Crippen LogP contribution in [0.15, 0.2) is 47.5 Å². The summed E-state index contributed by atoms with van der Waals surface area (Å²) in [5.41, 5.74) is 1.50. The second-order valence-electron chi connectivity index (χ2n) is 14.2. The van der Waals surface area contributed by atoms with Crippen molar-refractivity contribution >= 4 is 28.2 Å². The maximum Gasteiger partial charge on any atom is 0.418 e. The molecule has 1 amide bonds. The number of benzene rings is 2. The predicted molar refractivity (Wildman–Crippen MR) is 188 cm³/mol. The quantitative estimate of drug-likeness (QED) is 0.182. The molecular formula is C37H43F4N7O4. The summed E-state index contributed by atoms with van der Waals surface area (Å²) in [7, 11) is 3.15. The molecule has 3 saturated heterocycles. The molecule has 7 rings (SSSR count). The highest BCUT2D eigenvalue weighted by atomic mass is 19.4. The molecule has 0 radical (unpaired) electrons. The molecule has 15 heteroatoms. The number of aryl methyl sites for hydroxylation is 1.